The molecule has 1 aliphatic heterocycles. The summed E-state index contributed by atoms with van der Waals surface area (Å²) in [7, 11) is 0. The average molecular weight is 431 g/mol. The average Bonchev–Trinajstić information content (AvgIpc) is 2.72. The van der Waals surface area contributed by atoms with E-state index in [1.165, 1.54) is 5.56 Å². The van der Waals surface area contributed by atoms with Gasteiger partial charge >= 0.3 is 0 Å². The van der Waals surface area contributed by atoms with Crippen molar-refractivity contribution >= 4 is 11.6 Å². The van der Waals surface area contributed by atoms with Crippen LogP contribution in [0.15, 0.2) is 54.6 Å². The van der Waals surface area contributed by atoms with E-state index in [1.54, 1.807) is 0 Å². The number of aliphatic hydroxyl groups is 1. The van der Waals surface area contributed by atoms with Crippen molar-refractivity contribution in [2.45, 2.75) is 51.5 Å². The first-order valence-electron chi connectivity index (χ1n) is 10.9. The van der Waals surface area contributed by atoms with E-state index in [0.29, 0.717) is 5.02 Å². The number of nitrogens with zero attached hydrogens (tertiary/aromatic N) is 2. The van der Waals surface area contributed by atoms with E-state index in [1.807, 2.05) is 24.3 Å². The van der Waals surface area contributed by atoms with Gasteiger partial charge in [0.2, 0.25) is 0 Å². The number of ether oxygens (including phenoxy) is 1. The Morgan fingerprint density at radius 2 is 1.60 bits per heavy atom. The molecule has 164 valence electrons. The highest BCUT2D eigenvalue weighted by atomic mass is 35.5. The Morgan fingerprint density at radius 3 is 2.20 bits per heavy atom. The van der Waals surface area contributed by atoms with Gasteiger partial charge in [-0.05, 0) is 50.5 Å². The molecule has 1 N–H and O–H groups in total. The van der Waals surface area contributed by atoms with Gasteiger partial charge in [-0.2, -0.15) is 0 Å². The second-order valence-electron chi connectivity index (χ2n) is 9.11. The minimum Gasteiger partial charge on any atom is -0.388 e. The smallest absolute Gasteiger partial charge is 0.115 e. The maximum atomic E-state index is 10.5. The molecule has 30 heavy (non-hydrogen) atoms. The molecule has 2 unspecified atom stereocenters. The molecule has 3 rings (SSSR count). The van der Waals surface area contributed by atoms with E-state index in [4.69, 9.17) is 16.3 Å². The number of aliphatic hydroxyl groups excluding tert-OH is 1. The quantitative estimate of drug-likeness (QED) is 0.654. The lowest BCUT2D eigenvalue weighted by Gasteiger charge is -2.41. The molecular formula is C25H35ClN2O2. The van der Waals surface area contributed by atoms with Crippen LogP contribution >= 0.6 is 11.6 Å². The highest BCUT2D eigenvalue weighted by Crippen LogP contribution is 2.22. The lowest BCUT2D eigenvalue weighted by Crippen LogP contribution is -2.53. The van der Waals surface area contributed by atoms with Crippen molar-refractivity contribution in [3.8, 4) is 0 Å². The third kappa shape index (κ3) is 7.36. The van der Waals surface area contributed by atoms with Crippen molar-refractivity contribution in [2.24, 2.45) is 0 Å². The number of halogens is 1. The Bertz CT molecular complexity index is 753. The molecule has 0 spiro atoms. The summed E-state index contributed by atoms with van der Waals surface area (Å²) in [5.74, 6) is 0. The van der Waals surface area contributed by atoms with Gasteiger partial charge in [0.25, 0.3) is 0 Å². The maximum Gasteiger partial charge on any atom is 0.115 e. The highest BCUT2D eigenvalue weighted by Gasteiger charge is 2.28. The molecule has 4 nitrogen and oxygen atoms in total. The van der Waals surface area contributed by atoms with Crippen LogP contribution in [0.4, 0.5) is 0 Å². The Hall–Kier alpha value is -1.43. The van der Waals surface area contributed by atoms with Crippen molar-refractivity contribution < 1.29 is 9.84 Å². The third-order valence-electron chi connectivity index (χ3n) is 5.53. The molecular weight excluding hydrogens is 396 g/mol. The molecule has 0 bridgehead atoms. The highest BCUT2D eigenvalue weighted by molar-refractivity contribution is 6.30. The number of rotatable bonds is 8. The second kappa shape index (κ2) is 10.7. The van der Waals surface area contributed by atoms with Crippen LogP contribution in [-0.2, 0) is 11.2 Å². The number of benzene rings is 2. The van der Waals surface area contributed by atoms with E-state index in [-0.39, 0.29) is 11.8 Å². The Kier molecular flexibility index (Phi) is 8.32. The van der Waals surface area contributed by atoms with E-state index in [9.17, 15) is 5.11 Å². The molecule has 2 aromatic carbocycles. The minimum atomic E-state index is -0.449. The first-order chi connectivity index (χ1) is 14.3. The number of hydrogen-bond acceptors (Lipinski definition) is 4. The number of hydrogen-bond donors (Lipinski definition) is 1. The van der Waals surface area contributed by atoms with Gasteiger partial charge in [0.1, 0.15) is 6.23 Å². The summed E-state index contributed by atoms with van der Waals surface area (Å²) in [6, 6.07) is 18.1. The summed E-state index contributed by atoms with van der Waals surface area (Å²) in [4.78, 5) is 4.90. The summed E-state index contributed by atoms with van der Waals surface area (Å²) in [6.45, 7) is 11.2. The normalized spacial score (nSPS) is 18.3. The predicted octanol–water partition coefficient (Wildman–Crippen LogP) is 4.77. The Balaban J connectivity index is 1.50. The topological polar surface area (TPSA) is 35.9 Å². The summed E-state index contributed by atoms with van der Waals surface area (Å²) >= 11 is 5.94. The van der Waals surface area contributed by atoms with Crippen molar-refractivity contribution in [1.82, 2.24) is 9.80 Å². The van der Waals surface area contributed by atoms with Gasteiger partial charge in [-0.3, -0.25) is 4.90 Å². The minimum absolute atomic E-state index is 0.0780. The van der Waals surface area contributed by atoms with E-state index in [0.717, 1.165) is 51.1 Å². The SMILES string of the molecule is CC(C)(C)OC(Cc1ccccc1)N1CCN(CCC(O)c2ccc(Cl)cc2)CC1. The van der Waals surface area contributed by atoms with Gasteiger partial charge < -0.3 is 14.7 Å². The summed E-state index contributed by atoms with van der Waals surface area (Å²) in [5, 5.41) is 11.2. The summed E-state index contributed by atoms with van der Waals surface area (Å²) in [5.41, 5.74) is 2.05. The van der Waals surface area contributed by atoms with Crippen LogP contribution in [0.1, 0.15) is 44.4 Å². The molecule has 1 aliphatic rings. The fourth-order valence-corrected chi connectivity index (χ4v) is 4.03. The van der Waals surface area contributed by atoms with Crippen LogP contribution in [0.25, 0.3) is 0 Å². The first-order valence-corrected chi connectivity index (χ1v) is 11.3. The molecule has 2 atom stereocenters. The van der Waals surface area contributed by atoms with Crippen molar-refractivity contribution in [1.29, 1.82) is 0 Å². The van der Waals surface area contributed by atoms with Crippen LogP contribution in [0.3, 0.4) is 0 Å². The molecule has 2 aromatic rings. The second-order valence-corrected chi connectivity index (χ2v) is 9.54. The van der Waals surface area contributed by atoms with Crippen LogP contribution in [0, 0.1) is 0 Å². The fourth-order valence-electron chi connectivity index (χ4n) is 3.90. The van der Waals surface area contributed by atoms with Gasteiger partial charge in [0, 0.05) is 44.2 Å². The van der Waals surface area contributed by atoms with Crippen molar-refractivity contribution in [3.05, 3.63) is 70.7 Å². The van der Waals surface area contributed by atoms with Crippen LogP contribution in [0.2, 0.25) is 5.02 Å². The number of piperazine rings is 1. The standard InChI is InChI=1S/C25H35ClN2O2/c1-25(2,3)30-24(19-20-7-5-4-6-8-20)28-17-15-27(16-18-28)14-13-23(29)21-9-11-22(26)12-10-21/h4-12,23-24,29H,13-19H2,1-3H3. The molecule has 0 radical (unpaired) electrons. The molecule has 1 saturated heterocycles. The van der Waals surface area contributed by atoms with Gasteiger partial charge in [-0.15, -0.1) is 0 Å². The van der Waals surface area contributed by atoms with Gasteiger partial charge in [0.05, 0.1) is 11.7 Å². The monoisotopic (exact) mass is 430 g/mol. The largest absolute Gasteiger partial charge is 0.388 e. The molecule has 0 amide bonds. The summed E-state index contributed by atoms with van der Waals surface area (Å²) < 4.78 is 6.44. The Labute approximate surface area is 186 Å². The molecule has 5 heteroatoms. The summed E-state index contributed by atoms with van der Waals surface area (Å²) in [6.07, 6.45) is 1.26. The zero-order valence-electron chi connectivity index (χ0n) is 18.4. The van der Waals surface area contributed by atoms with E-state index >= 15 is 0 Å². The van der Waals surface area contributed by atoms with Gasteiger partial charge in [0.15, 0.2) is 0 Å². The lowest BCUT2D eigenvalue weighted by molar-refractivity contribution is -0.141. The Morgan fingerprint density at radius 1 is 0.967 bits per heavy atom. The molecule has 0 saturated carbocycles. The zero-order valence-corrected chi connectivity index (χ0v) is 19.2. The predicted molar refractivity (Wildman–Crippen MR) is 124 cm³/mol. The van der Waals surface area contributed by atoms with Gasteiger partial charge in [-0.1, -0.05) is 54.1 Å². The molecule has 1 heterocycles. The lowest BCUT2D eigenvalue weighted by atomic mass is 10.1. The van der Waals surface area contributed by atoms with Crippen molar-refractivity contribution in [3.63, 3.8) is 0 Å². The van der Waals surface area contributed by atoms with Gasteiger partial charge in [-0.25, -0.2) is 0 Å². The fraction of sp³-hybridized carbons (Fsp3) is 0.520. The molecule has 1 fully saturated rings. The first kappa shape index (κ1) is 23.2. The van der Waals surface area contributed by atoms with Crippen LogP contribution < -0.4 is 0 Å². The van der Waals surface area contributed by atoms with Crippen molar-refractivity contribution in [2.75, 3.05) is 32.7 Å². The van der Waals surface area contributed by atoms with Crippen LogP contribution in [-0.4, -0.2) is 59.5 Å². The maximum absolute atomic E-state index is 10.5. The van der Waals surface area contributed by atoms with E-state index in [2.05, 4.69) is 60.9 Å². The molecule has 0 aliphatic carbocycles. The molecule has 0 aromatic heterocycles. The van der Waals surface area contributed by atoms with E-state index < -0.39 is 6.10 Å². The third-order valence-corrected chi connectivity index (χ3v) is 5.78. The van der Waals surface area contributed by atoms with Crippen LogP contribution in [0.5, 0.6) is 0 Å². The zero-order chi connectivity index (χ0) is 21.6.